The minimum absolute atomic E-state index is 0.472. The topological polar surface area (TPSA) is 39.9 Å². The van der Waals surface area contributed by atoms with E-state index in [-0.39, 0.29) is 0 Å². The largest absolute Gasteiger partial charge is 0.487 e. The molecule has 0 unspecified atom stereocenters. The fourth-order valence-electron chi connectivity index (χ4n) is 1.60. The minimum Gasteiger partial charge on any atom is -0.487 e. The lowest BCUT2D eigenvalue weighted by Crippen LogP contribution is -1.96. The van der Waals surface area contributed by atoms with Crippen LogP contribution in [0, 0.1) is 11.8 Å². The van der Waals surface area contributed by atoms with E-state index < -0.39 is 0 Å². The van der Waals surface area contributed by atoms with E-state index in [0.717, 1.165) is 17.7 Å². The molecule has 0 aliphatic rings. The molecule has 0 radical (unpaired) electrons. The zero-order valence-corrected chi connectivity index (χ0v) is 12.1. The van der Waals surface area contributed by atoms with Gasteiger partial charge in [-0.1, -0.05) is 11.8 Å². The highest BCUT2D eigenvalue weighted by atomic mass is 35.5. The van der Waals surface area contributed by atoms with E-state index in [4.69, 9.17) is 16.3 Å². The van der Waals surface area contributed by atoms with Crippen LogP contribution < -0.4 is 4.74 Å². The molecule has 0 aromatic carbocycles. The zero-order chi connectivity index (χ0) is 14.2. The lowest BCUT2D eigenvalue weighted by Gasteiger charge is -2.04. The lowest BCUT2D eigenvalue weighted by atomic mass is 10.2. The van der Waals surface area contributed by atoms with Crippen molar-refractivity contribution in [1.82, 2.24) is 14.8 Å². The molecule has 2 aromatic rings. The second kappa shape index (κ2) is 7.56. The first-order valence-electron chi connectivity index (χ1n) is 6.46. The van der Waals surface area contributed by atoms with Gasteiger partial charge in [0.15, 0.2) is 0 Å². The molecule has 0 N–H and O–H groups in total. The van der Waals surface area contributed by atoms with Gasteiger partial charge in [0.25, 0.3) is 0 Å². The van der Waals surface area contributed by atoms with Crippen LogP contribution in [0.4, 0.5) is 0 Å². The summed E-state index contributed by atoms with van der Waals surface area (Å²) in [4.78, 5) is 4.12. The Bertz CT molecular complexity index is 613. The maximum absolute atomic E-state index is 5.69. The number of hydrogen-bond acceptors (Lipinski definition) is 3. The highest BCUT2D eigenvalue weighted by Crippen LogP contribution is 2.12. The van der Waals surface area contributed by atoms with E-state index in [1.807, 2.05) is 23.9 Å². The molecule has 0 aliphatic carbocycles. The molecule has 104 valence electrons. The highest BCUT2D eigenvalue weighted by Gasteiger charge is 2.00. The fourth-order valence-corrected chi connectivity index (χ4v) is 1.69. The Morgan fingerprint density at radius 1 is 1.35 bits per heavy atom. The molecule has 2 rings (SSSR count). The van der Waals surface area contributed by atoms with Gasteiger partial charge in [0, 0.05) is 42.4 Å². The summed E-state index contributed by atoms with van der Waals surface area (Å²) < 4.78 is 7.55. The highest BCUT2D eigenvalue weighted by molar-refractivity contribution is 6.18. The van der Waals surface area contributed by atoms with Gasteiger partial charge < -0.3 is 4.74 Å². The molecule has 20 heavy (non-hydrogen) atoms. The Balaban J connectivity index is 1.96. The number of halogens is 1. The summed E-state index contributed by atoms with van der Waals surface area (Å²) in [6.45, 7) is 3.37. The standard InChI is InChI=1S/C15H16ClN3O/c1-2-19-11-14(9-18-19)12-20-15-7-13(8-17-10-15)5-3-4-6-16/h7-11H,2,4,6,12H2,1H3. The van der Waals surface area contributed by atoms with Gasteiger partial charge >= 0.3 is 0 Å². The van der Waals surface area contributed by atoms with Crippen molar-refractivity contribution in [2.24, 2.45) is 0 Å². The van der Waals surface area contributed by atoms with Crippen molar-refractivity contribution in [1.29, 1.82) is 0 Å². The van der Waals surface area contributed by atoms with Gasteiger partial charge in [0.2, 0.25) is 0 Å². The maximum Gasteiger partial charge on any atom is 0.139 e. The molecule has 4 nitrogen and oxygen atoms in total. The number of pyridine rings is 1. The van der Waals surface area contributed by atoms with E-state index in [2.05, 4.69) is 21.9 Å². The van der Waals surface area contributed by atoms with E-state index >= 15 is 0 Å². The van der Waals surface area contributed by atoms with E-state index in [1.165, 1.54) is 0 Å². The van der Waals surface area contributed by atoms with Crippen LogP contribution in [0.3, 0.4) is 0 Å². The summed E-state index contributed by atoms with van der Waals surface area (Å²) in [5.41, 5.74) is 1.86. The SMILES string of the molecule is CCn1cc(COc2cncc(C#CCCCl)c2)cn1. The van der Waals surface area contributed by atoms with Crippen LogP contribution in [0.5, 0.6) is 5.75 Å². The molecule has 2 heterocycles. The van der Waals surface area contributed by atoms with E-state index in [9.17, 15) is 0 Å². The van der Waals surface area contributed by atoms with Gasteiger partial charge in [-0.25, -0.2) is 0 Å². The van der Waals surface area contributed by atoms with Crippen molar-refractivity contribution in [3.8, 4) is 17.6 Å². The van der Waals surface area contributed by atoms with Crippen LogP contribution in [-0.2, 0) is 13.2 Å². The summed E-state index contributed by atoms with van der Waals surface area (Å²) >= 11 is 5.58. The zero-order valence-electron chi connectivity index (χ0n) is 11.3. The quantitative estimate of drug-likeness (QED) is 0.628. The van der Waals surface area contributed by atoms with Gasteiger partial charge in [-0.05, 0) is 13.0 Å². The average molecular weight is 290 g/mol. The van der Waals surface area contributed by atoms with Gasteiger partial charge in [-0.3, -0.25) is 9.67 Å². The number of ether oxygens (including phenoxy) is 1. The molecular weight excluding hydrogens is 274 g/mol. The third kappa shape index (κ3) is 4.29. The predicted molar refractivity (Wildman–Crippen MR) is 78.7 cm³/mol. The molecule has 0 aliphatic heterocycles. The Hall–Kier alpha value is -1.99. The Morgan fingerprint density at radius 3 is 3.00 bits per heavy atom. The van der Waals surface area contributed by atoms with E-state index in [0.29, 0.717) is 24.7 Å². The van der Waals surface area contributed by atoms with Crippen LogP contribution in [-0.4, -0.2) is 20.6 Å². The molecule has 0 saturated carbocycles. The fraction of sp³-hybridized carbons (Fsp3) is 0.333. The van der Waals surface area contributed by atoms with Crippen LogP contribution in [0.15, 0.2) is 30.9 Å². The van der Waals surface area contributed by atoms with Gasteiger partial charge in [-0.2, -0.15) is 5.10 Å². The van der Waals surface area contributed by atoms with Crippen molar-refractivity contribution in [3.63, 3.8) is 0 Å². The van der Waals surface area contributed by atoms with Crippen molar-refractivity contribution in [3.05, 3.63) is 42.0 Å². The molecular formula is C15H16ClN3O. The van der Waals surface area contributed by atoms with Gasteiger partial charge in [0.05, 0.1) is 12.4 Å². The van der Waals surface area contributed by atoms with Crippen molar-refractivity contribution in [2.75, 3.05) is 5.88 Å². The lowest BCUT2D eigenvalue weighted by molar-refractivity contribution is 0.304. The van der Waals surface area contributed by atoms with Gasteiger partial charge in [-0.15, -0.1) is 11.6 Å². The Kier molecular flexibility index (Phi) is 5.45. The Morgan fingerprint density at radius 2 is 2.25 bits per heavy atom. The first kappa shape index (κ1) is 14.4. The van der Waals surface area contributed by atoms with E-state index in [1.54, 1.807) is 18.6 Å². The number of rotatable bonds is 5. The first-order valence-corrected chi connectivity index (χ1v) is 6.99. The number of alkyl halides is 1. The minimum atomic E-state index is 0.472. The second-order valence-electron chi connectivity index (χ2n) is 4.14. The normalized spacial score (nSPS) is 9.90. The van der Waals surface area contributed by atoms with Crippen LogP contribution >= 0.6 is 11.6 Å². The molecule has 0 bridgehead atoms. The summed E-state index contributed by atoms with van der Waals surface area (Å²) in [7, 11) is 0. The van der Waals surface area contributed by atoms with Crippen LogP contribution in [0.25, 0.3) is 0 Å². The first-order chi connectivity index (χ1) is 9.81. The third-order valence-electron chi connectivity index (χ3n) is 2.58. The molecule has 0 saturated heterocycles. The monoisotopic (exact) mass is 289 g/mol. The number of nitrogens with zero attached hydrogens (tertiary/aromatic N) is 3. The van der Waals surface area contributed by atoms with Crippen molar-refractivity contribution >= 4 is 11.6 Å². The van der Waals surface area contributed by atoms with Crippen LogP contribution in [0.2, 0.25) is 0 Å². The van der Waals surface area contributed by atoms with Crippen LogP contribution in [0.1, 0.15) is 24.5 Å². The number of hydrogen-bond donors (Lipinski definition) is 0. The number of aromatic nitrogens is 3. The summed E-state index contributed by atoms with van der Waals surface area (Å²) in [5.74, 6) is 7.22. The Labute approximate surface area is 123 Å². The third-order valence-corrected chi connectivity index (χ3v) is 2.77. The summed E-state index contributed by atoms with van der Waals surface area (Å²) in [6.07, 6.45) is 7.83. The molecule has 0 amide bonds. The van der Waals surface area contributed by atoms with Crippen molar-refractivity contribution in [2.45, 2.75) is 26.5 Å². The van der Waals surface area contributed by atoms with Crippen molar-refractivity contribution < 1.29 is 4.74 Å². The molecule has 0 fully saturated rings. The smallest absolute Gasteiger partial charge is 0.139 e. The average Bonchev–Trinajstić information content (AvgIpc) is 2.94. The summed E-state index contributed by atoms with van der Waals surface area (Å²) in [5, 5.41) is 4.20. The summed E-state index contributed by atoms with van der Waals surface area (Å²) in [6, 6.07) is 1.87. The second-order valence-corrected chi connectivity index (χ2v) is 4.52. The molecule has 5 heteroatoms. The predicted octanol–water partition coefficient (Wildman–Crippen LogP) is 2.86. The molecule has 0 atom stereocenters. The molecule has 2 aromatic heterocycles. The molecule has 0 spiro atoms. The number of aryl methyl sites for hydroxylation is 1. The maximum atomic E-state index is 5.69. The van der Waals surface area contributed by atoms with Gasteiger partial charge in [0.1, 0.15) is 12.4 Å².